The predicted octanol–water partition coefficient (Wildman–Crippen LogP) is 1.12. The molecule has 1 saturated heterocycles. The molecule has 1 amide bonds. The predicted molar refractivity (Wildman–Crippen MR) is 97.2 cm³/mol. The third-order valence-electron chi connectivity index (χ3n) is 4.98. The maximum absolute atomic E-state index is 12.2. The van der Waals surface area contributed by atoms with Crippen LogP contribution in [0.4, 0.5) is 5.69 Å². The van der Waals surface area contributed by atoms with Crippen LogP contribution in [0.3, 0.4) is 0 Å². The summed E-state index contributed by atoms with van der Waals surface area (Å²) in [6, 6.07) is 5.31. The Morgan fingerprint density at radius 2 is 2.11 bits per heavy atom. The molecule has 0 unspecified atom stereocenters. The van der Waals surface area contributed by atoms with Gasteiger partial charge in [-0.2, -0.15) is 0 Å². The van der Waals surface area contributed by atoms with Gasteiger partial charge >= 0.3 is 5.97 Å². The van der Waals surface area contributed by atoms with E-state index < -0.39 is 11.6 Å². The summed E-state index contributed by atoms with van der Waals surface area (Å²) in [6.45, 7) is 1.13. The van der Waals surface area contributed by atoms with Crippen molar-refractivity contribution in [1.82, 2.24) is 0 Å². The minimum atomic E-state index is -0.686. The molecular weight excluding hydrogens is 352 g/mol. The Morgan fingerprint density at radius 3 is 2.81 bits per heavy atom. The Morgan fingerprint density at radius 1 is 1.37 bits per heavy atom. The fraction of sp³-hybridized carbons (Fsp3) is 0.474. The van der Waals surface area contributed by atoms with E-state index in [1.54, 1.807) is 32.4 Å². The number of benzene rings is 1. The SMILES string of the molecule is COC1(/C(N)=C/C(=O)OCc2ccc3c(c2)OCC(=O)N3C)CCOCC1. The number of fused-ring (bicyclic) bond motifs is 1. The molecule has 0 bridgehead atoms. The van der Waals surface area contributed by atoms with Gasteiger partial charge in [-0.25, -0.2) is 4.79 Å². The Kier molecular flexibility index (Phi) is 5.67. The van der Waals surface area contributed by atoms with Gasteiger partial charge in [0.25, 0.3) is 5.91 Å². The number of esters is 1. The molecule has 0 saturated carbocycles. The molecule has 0 atom stereocenters. The monoisotopic (exact) mass is 376 g/mol. The first-order valence-electron chi connectivity index (χ1n) is 8.75. The highest BCUT2D eigenvalue weighted by Crippen LogP contribution is 2.32. The number of rotatable bonds is 5. The zero-order valence-corrected chi connectivity index (χ0v) is 15.5. The van der Waals surface area contributed by atoms with Crippen LogP contribution in [0.5, 0.6) is 5.75 Å². The highest BCUT2D eigenvalue weighted by Gasteiger charge is 2.35. The Bertz CT molecular complexity index is 755. The van der Waals surface area contributed by atoms with Crippen LogP contribution in [-0.4, -0.2) is 51.5 Å². The van der Waals surface area contributed by atoms with Gasteiger partial charge in [-0.3, -0.25) is 4.79 Å². The number of methoxy groups -OCH3 is 1. The van der Waals surface area contributed by atoms with E-state index >= 15 is 0 Å². The lowest BCUT2D eigenvalue weighted by atomic mass is 9.90. The third kappa shape index (κ3) is 4.06. The number of nitrogens with zero attached hydrogens (tertiary/aromatic N) is 1. The zero-order chi connectivity index (χ0) is 19.4. The van der Waals surface area contributed by atoms with Gasteiger partial charge in [0.2, 0.25) is 0 Å². The van der Waals surface area contributed by atoms with Crippen molar-refractivity contribution in [2.45, 2.75) is 25.0 Å². The first-order chi connectivity index (χ1) is 12.9. The lowest BCUT2D eigenvalue weighted by Gasteiger charge is -2.36. The fourth-order valence-electron chi connectivity index (χ4n) is 3.18. The number of nitrogens with two attached hydrogens (primary N) is 1. The van der Waals surface area contributed by atoms with Gasteiger partial charge in [-0.05, 0) is 17.7 Å². The molecular formula is C19H24N2O6. The van der Waals surface area contributed by atoms with Gasteiger partial charge in [0.1, 0.15) is 18.0 Å². The number of carbonyl (C=O) groups excluding carboxylic acids is 2. The summed E-state index contributed by atoms with van der Waals surface area (Å²) in [5.41, 5.74) is 7.20. The highest BCUT2D eigenvalue weighted by atomic mass is 16.5. The van der Waals surface area contributed by atoms with Crippen molar-refractivity contribution in [3.05, 3.63) is 35.5 Å². The van der Waals surface area contributed by atoms with Crippen LogP contribution in [0.1, 0.15) is 18.4 Å². The van der Waals surface area contributed by atoms with Crippen molar-refractivity contribution in [1.29, 1.82) is 0 Å². The minimum absolute atomic E-state index is 0.00513. The van der Waals surface area contributed by atoms with Crippen LogP contribution in [0.15, 0.2) is 30.0 Å². The summed E-state index contributed by atoms with van der Waals surface area (Å²) in [5.74, 6) is -0.0647. The van der Waals surface area contributed by atoms with E-state index in [0.29, 0.717) is 43.2 Å². The Balaban J connectivity index is 1.63. The number of hydrogen-bond acceptors (Lipinski definition) is 7. The zero-order valence-electron chi connectivity index (χ0n) is 15.5. The molecule has 1 aromatic rings. The Hall–Kier alpha value is -2.58. The van der Waals surface area contributed by atoms with Gasteiger partial charge in [-0.1, -0.05) is 6.07 Å². The first-order valence-corrected chi connectivity index (χ1v) is 8.75. The van der Waals surface area contributed by atoms with Crippen LogP contribution in [0, 0.1) is 0 Å². The molecule has 27 heavy (non-hydrogen) atoms. The molecule has 146 valence electrons. The van der Waals surface area contributed by atoms with Crippen LogP contribution in [0.2, 0.25) is 0 Å². The normalized spacial score (nSPS) is 19.3. The van der Waals surface area contributed by atoms with Crippen molar-refractivity contribution in [2.75, 3.05) is 38.9 Å². The summed E-state index contributed by atoms with van der Waals surface area (Å²) in [6.07, 6.45) is 2.46. The maximum atomic E-state index is 12.2. The number of likely N-dealkylation sites (N-methyl/N-ethyl adjacent to an activating group) is 1. The molecule has 1 aromatic carbocycles. The summed E-state index contributed by atoms with van der Waals surface area (Å²) in [5, 5.41) is 0. The standard InChI is InChI=1S/C19H24N2O6/c1-21-14-4-3-13(9-15(14)26-12-17(21)22)11-27-18(23)10-16(20)19(24-2)5-7-25-8-6-19/h3-4,9-10H,5-8,11-12,20H2,1-2H3/b16-10-. The van der Waals surface area contributed by atoms with E-state index in [1.807, 2.05) is 0 Å². The van der Waals surface area contributed by atoms with Crippen molar-refractivity contribution >= 4 is 17.6 Å². The molecule has 2 aliphatic rings. The second-order valence-electron chi connectivity index (χ2n) is 6.56. The Labute approximate surface area is 157 Å². The van der Waals surface area contributed by atoms with E-state index in [-0.39, 0.29) is 19.1 Å². The number of ether oxygens (including phenoxy) is 4. The lowest BCUT2D eigenvalue weighted by molar-refractivity contribution is -0.139. The minimum Gasteiger partial charge on any atom is -0.482 e. The lowest BCUT2D eigenvalue weighted by Crippen LogP contribution is -2.43. The molecule has 0 aromatic heterocycles. The molecule has 2 heterocycles. The van der Waals surface area contributed by atoms with Crippen LogP contribution < -0.4 is 15.4 Å². The van der Waals surface area contributed by atoms with Crippen LogP contribution in [-0.2, 0) is 30.4 Å². The quantitative estimate of drug-likeness (QED) is 0.607. The molecule has 0 radical (unpaired) electrons. The summed E-state index contributed by atoms with van der Waals surface area (Å²) < 4.78 is 21.6. The topological polar surface area (TPSA) is 100 Å². The van der Waals surface area contributed by atoms with Crippen molar-refractivity contribution in [2.24, 2.45) is 5.73 Å². The number of anilines is 1. The third-order valence-corrected chi connectivity index (χ3v) is 4.98. The summed E-state index contributed by atoms with van der Waals surface area (Å²) >= 11 is 0. The second-order valence-corrected chi connectivity index (χ2v) is 6.56. The van der Waals surface area contributed by atoms with E-state index in [1.165, 1.54) is 11.0 Å². The molecule has 2 aliphatic heterocycles. The molecule has 2 N–H and O–H groups in total. The molecule has 0 aliphatic carbocycles. The van der Waals surface area contributed by atoms with E-state index in [9.17, 15) is 9.59 Å². The number of carbonyl (C=O) groups is 2. The average molecular weight is 376 g/mol. The number of amides is 1. The van der Waals surface area contributed by atoms with Gasteiger partial charge in [-0.15, -0.1) is 0 Å². The van der Waals surface area contributed by atoms with Gasteiger partial charge in [0.15, 0.2) is 6.61 Å². The van der Waals surface area contributed by atoms with Gasteiger partial charge in [0, 0.05) is 52.0 Å². The van der Waals surface area contributed by atoms with E-state index in [0.717, 1.165) is 5.56 Å². The molecule has 8 heteroatoms. The van der Waals surface area contributed by atoms with E-state index in [2.05, 4.69) is 0 Å². The van der Waals surface area contributed by atoms with Crippen molar-refractivity contribution in [3.63, 3.8) is 0 Å². The van der Waals surface area contributed by atoms with Gasteiger partial charge < -0.3 is 29.6 Å². The average Bonchev–Trinajstić information content (AvgIpc) is 2.69. The second kappa shape index (κ2) is 7.98. The smallest absolute Gasteiger partial charge is 0.332 e. The van der Waals surface area contributed by atoms with Crippen LogP contribution in [0.25, 0.3) is 0 Å². The van der Waals surface area contributed by atoms with E-state index in [4.69, 9.17) is 24.7 Å². The summed E-state index contributed by atoms with van der Waals surface area (Å²) in [4.78, 5) is 25.3. The largest absolute Gasteiger partial charge is 0.482 e. The van der Waals surface area contributed by atoms with Gasteiger partial charge in [0.05, 0.1) is 5.69 Å². The molecule has 3 rings (SSSR count). The first kappa shape index (κ1) is 19.2. The van der Waals surface area contributed by atoms with Crippen molar-refractivity contribution < 1.29 is 28.5 Å². The molecule has 8 nitrogen and oxygen atoms in total. The molecule has 1 fully saturated rings. The number of hydrogen-bond donors (Lipinski definition) is 1. The van der Waals surface area contributed by atoms with Crippen LogP contribution >= 0.6 is 0 Å². The molecule has 0 spiro atoms. The fourth-order valence-corrected chi connectivity index (χ4v) is 3.18. The summed E-state index contributed by atoms with van der Waals surface area (Å²) in [7, 11) is 3.27. The van der Waals surface area contributed by atoms with Crippen molar-refractivity contribution in [3.8, 4) is 5.75 Å². The highest BCUT2D eigenvalue weighted by molar-refractivity contribution is 5.97. The maximum Gasteiger partial charge on any atom is 0.332 e.